The summed E-state index contributed by atoms with van der Waals surface area (Å²) in [6.45, 7) is 1.22. The van der Waals surface area contributed by atoms with Crippen LogP contribution in [0.25, 0.3) is 11.3 Å². The first-order valence-electron chi connectivity index (χ1n) is 9.79. The highest BCUT2D eigenvalue weighted by molar-refractivity contribution is 6.31. The van der Waals surface area contributed by atoms with Crippen molar-refractivity contribution in [2.45, 2.75) is 31.8 Å². The molecule has 0 aliphatic carbocycles. The maximum atomic E-state index is 14.6. The van der Waals surface area contributed by atoms with Gasteiger partial charge in [0.15, 0.2) is 5.76 Å². The largest absolute Gasteiger partial charge is 0.380 e. The lowest BCUT2D eigenvalue weighted by molar-refractivity contribution is -0.126. The molecule has 1 N–H and O–H groups in total. The van der Waals surface area contributed by atoms with E-state index in [1.165, 1.54) is 42.5 Å². The molecule has 0 saturated heterocycles. The van der Waals surface area contributed by atoms with E-state index in [0.717, 1.165) is 12.1 Å². The average molecular weight is 479 g/mol. The van der Waals surface area contributed by atoms with Gasteiger partial charge in [0.25, 0.3) is 0 Å². The Hall–Kier alpha value is -3.21. The standard InChI is InChI=1S/C22H18ClF3N4O3/c1-13(32-9-16-8-21(29-33-16)14-2-5-19(25)18(23)6-14)22(31,10-30-12-27-11-28-30)17-4-3-15(24)7-20(17)26/h2-8,11-13,31H,9-10H2,1H3/t13-,22-/m1/s1. The van der Waals surface area contributed by atoms with E-state index in [4.69, 9.17) is 20.9 Å². The van der Waals surface area contributed by atoms with E-state index in [2.05, 4.69) is 15.2 Å². The number of hydrogen-bond acceptors (Lipinski definition) is 6. The van der Waals surface area contributed by atoms with Crippen LogP contribution in [0.3, 0.4) is 0 Å². The van der Waals surface area contributed by atoms with Gasteiger partial charge in [-0.15, -0.1) is 0 Å². The molecule has 0 unspecified atom stereocenters. The van der Waals surface area contributed by atoms with Crippen LogP contribution >= 0.6 is 11.6 Å². The molecular weight excluding hydrogens is 461 g/mol. The molecule has 33 heavy (non-hydrogen) atoms. The van der Waals surface area contributed by atoms with Gasteiger partial charge in [0.05, 0.1) is 17.7 Å². The number of ether oxygens (including phenoxy) is 1. The minimum Gasteiger partial charge on any atom is -0.380 e. The van der Waals surface area contributed by atoms with Crippen LogP contribution in [0.2, 0.25) is 5.02 Å². The molecule has 2 aromatic heterocycles. The highest BCUT2D eigenvalue weighted by Gasteiger charge is 2.40. The van der Waals surface area contributed by atoms with Crippen LogP contribution in [-0.2, 0) is 23.5 Å². The first kappa shape index (κ1) is 23.0. The van der Waals surface area contributed by atoms with Crippen molar-refractivity contribution in [1.82, 2.24) is 19.9 Å². The van der Waals surface area contributed by atoms with Gasteiger partial charge in [-0.05, 0) is 31.2 Å². The summed E-state index contributed by atoms with van der Waals surface area (Å²) in [5.74, 6) is -1.95. The third-order valence-electron chi connectivity index (χ3n) is 5.19. The molecule has 11 heteroatoms. The summed E-state index contributed by atoms with van der Waals surface area (Å²) in [5.41, 5.74) is -1.13. The van der Waals surface area contributed by atoms with Crippen LogP contribution in [0.5, 0.6) is 0 Å². The second-order valence-electron chi connectivity index (χ2n) is 7.40. The van der Waals surface area contributed by atoms with Crippen molar-refractivity contribution in [3.63, 3.8) is 0 Å². The van der Waals surface area contributed by atoms with Crippen molar-refractivity contribution in [1.29, 1.82) is 0 Å². The van der Waals surface area contributed by atoms with Gasteiger partial charge >= 0.3 is 0 Å². The van der Waals surface area contributed by atoms with E-state index in [-0.39, 0.29) is 23.7 Å². The lowest BCUT2D eigenvalue weighted by Gasteiger charge is -2.34. The molecule has 0 spiro atoms. The second kappa shape index (κ2) is 9.34. The highest BCUT2D eigenvalue weighted by atomic mass is 35.5. The summed E-state index contributed by atoms with van der Waals surface area (Å²) >= 11 is 5.81. The summed E-state index contributed by atoms with van der Waals surface area (Å²) in [5, 5.41) is 19.3. The molecule has 172 valence electrons. The predicted octanol–water partition coefficient (Wildman–Crippen LogP) is 4.50. The number of aromatic nitrogens is 4. The lowest BCUT2D eigenvalue weighted by atomic mass is 9.88. The zero-order chi connectivity index (χ0) is 23.6. The molecule has 2 aromatic carbocycles. The second-order valence-corrected chi connectivity index (χ2v) is 7.81. The molecule has 0 radical (unpaired) electrons. The third kappa shape index (κ3) is 4.92. The Kier molecular flexibility index (Phi) is 6.50. The Morgan fingerprint density at radius 1 is 1.15 bits per heavy atom. The molecule has 7 nitrogen and oxygen atoms in total. The highest BCUT2D eigenvalue weighted by Crippen LogP contribution is 2.32. The predicted molar refractivity (Wildman–Crippen MR) is 111 cm³/mol. The van der Waals surface area contributed by atoms with Crippen molar-refractivity contribution < 1.29 is 27.5 Å². The molecule has 4 rings (SSSR count). The van der Waals surface area contributed by atoms with E-state index < -0.39 is 29.2 Å². The van der Waals surface area contributed by atoms with E-state index in [1.54, 1.807) is 6.07 Å². The Bertz CT molecular complexity index is 1250. The van der Waals surface area contributed by atoms with Crippen molar-refractivity contribution in [2.24, 2.45) is 0 Å². The minimum atomic E-state index is -1.92. The Morgan fingerprint density at radius 3 is 2.67 bits per heavy atom. The summed E-state index contributed by atoms with van der Waals surface area (Å²) in [6.07, 6.45) is 1.64. The fraction of sp³-hybridized carbons (Fsp3) is 0.227. The zero-order valence-corrected chi connectivity index (χ0v) is 18.0. The SMILES string of the molecule is C[C@@H](OCc1cc(-c2ccc(F)c(Cl)c2)no1)[C@](O)(Cn1cncn1)c1ccc(F)cc1F. The maximum Gasteiger partial charge on any atom is 0.163 e. The number of nitrogens with zero attached hydrogens (tertiary/aromatic N) is 4. The van der Waals surface area contributed by atoms with Crippen molar-refractivity contribution in [2.75, 3.05) is 0 Å². The van der Waals surface area contributed by atoms with Gasteiger partial charge in [0.1, 0.15) is 48.0 Å². The molecule has 0 fully saturated rings. The Morgan fingerprint density at radius 2 is 1.97 bits per heavy atom. The molecule has 4 aromatic rings. The minimum absolute atomic E-state index is 0.0542. The van der Waals surface area contributed by atoms with Crippen molar-refractivity contribution >= 4 is 11.6 Å². The number of hydrogen-bond donors (Lipinski definition) is 1. The van der Waals surface area contributed by atoms with Crippen LogP contribution in [0.4, 0.5) is 13.2 Å². The van der Waals surface area contributed by atoms with Crippen LogP contribution in [0.15, 0.2) is 59.6 Å². The Labute approximate surface area is 191 Å². The van der Waals surface area contributed by atoms with E-state index in [1.807, 2.05) is 0 Å². The van der Waals surface area contributed by atoms with Gasteiger partial charge in [-0.2, -0.15) is 5.10 Å². The summed E-state index contributed by atoms with van der Waals surface area (Å²) in [6, 6.07) is 8.60. The molecule has 0 saturated carbocycles. The molecule has 0 amide bonds. The molecular formula is C22H18ClF3N4O3. The Balaban J connectivity index is 1.54. The van der Waals surface area contributed by atoms with Gasteiger partial charge in [0, 0.05) is 23.3 Å². The summed E-state index contributed by atoms with van der Waals surface area (Å²) < 4.78 is 53.8. The van der Waals surface area contributed by atoms with Gasteiger partial charge < -0.3 is 14.4 Å². The molecule has 2 atom stereocenters. The first-order valence-corrected chi connectivity index (χ1v) is 10.2. The molecule has 0 aliphatic heterocycles. The summed E-state index contributed by atoms with van der Waals surface area (Å²) in [4.78, 5) is 3.82. The maximum absolute atomic E-state index is 14.6. The first-order chi connectivity index (χ1) is 15.8. The molecule has 2 heterocycles. The number of benzene rings is 2. The van der Waals surface area contributed by atoms with E-state index >= 15 is 0 Å². The van der Waals surface area contributed by atoms with Crippen LogP contribution in [-0.4, -0.2) is 31.1 Å². The fourth-order valence-electron chi connectivity index (χ4n) is 3.35. The van der Waals surface area contributed by atoms with E-state index in [9.17, 15) is 18.3 Å². The van der Waals surface area contributed by atoms with Crippen molar-refractivity contribution in [3.8, 4) is 11.3 Å². The lowest BCUT2D eigenvalue weighted by Crippen LogP contribution is -2.44. The van der Waals surface area contributed by atoms with Gasteiger partial charge in [-0.1, -0.05) is 22.8 Å². The van der Waals surface area contributed by atoms with Crippen LogP contribution < -0.4 is 0 Å². The fourth-order valence-corrected chi connectivity index (χ4v) is 3.53. The topological polar surface area (TPSA) is 86.2 Å². The number of halogens is 4. The number of rotatable bonds is 8. The monoisotopic (exact) mass is 478 g/mol. The number of aliphatic hydroxyl groups is 1. The van der Waals surface area contributed by atoms with Gasteiger partial charge in [-0.25, -0.2) is 22.8 Å². The molecule has 0 aliphatic rings. The van der Waals surface area contributed by atoms with E-state index in [0.29, 0.717) is 23.1 Å². The normalized spacial score (nSPS) is 14.2. The summed E-state index contributed by atoms with van der Waals surface area (Å²) in [7, 11) is 0. The zero-order valence-electron chi connectivity index (χ0n) is 17.3. The van der Waals surface area contributed by atoms with Gasteiger partial charge in [0.2, 0.25) is 0 Å². The smallest absolute Gasteiger partial charge is 0.163 e. The molecule has 0 bridgehead atoms. The van der Waals surface area contributed by atoms with Crippen molar-refractivity contribution in [3.05, 3.63) is 88.9 Å². The van der Waals surface area contributed by atoms with Gasteiger partial charge in [-0.3, -0.25) is 0 Å². The van der Waals surface area contributed by atoms with Crippen LogP contribution in [0.1, 0.15) is 18.2 Å². The third-order valence-corrected chi connectivity index (χ3v) is 5.48. The average Bonchev–Trinajstić information content (AvgIpc) is 3.46. The van der Waals surface area contributed by atoms with Crippen LogP contribution in [0, 0.1) is 17.5 Å². The quantitative estimate of drug-likeness (QED) is 0.401.